The predicted molar refractivity (Wildman–Crippen MR) is 111 cm³/mol. The van der Waals surface area contributed by atoms with Gasteiger partial charge in [0.1, 0.15) is 17.1 Å². The number of hydrogen-bond acceptors (Lipinski definition) is 4. The van der Waals surface area contributed by atoms with E-state index in [4.69, 9.17) is 11.6 Å². The van der Waals surface area contributed by atoms with E-state index in [1.165, 1.54) is 18.2 Å². The fraction of sp³-hybridized carbons (Fsp3) is 0.476. The van der Waals surface area contributed by atoms with Crippen LogP contribution in [0.5, 0.6) is 0 Å². The van der Waals surface area contributed by atoms with Crippen LogP contribution < -0.4 is 16.0 Å². The normalized spacial score (nSPS) is 23.5. The molecular weight excluding hydrogens is 398 g/mol. The van der Waals surface area contributed by atoms with Gasteiger partial charge in [0.2, 0.25) is 0 Å². The van der Waals surface area contributed by atoms with Gasteiger partial charge in [-0.15, -0.1) is 0 Å². The van der Waals surface area contributed by atoms with E-state index in [1.807, 2.05) is 32.3 Å². The van der Waals surface area contributed by atoms with Crippen LogP contribution in [0.3, 0.4) is 0 Å². The van der Waals surface area contributed by atoms with E-state index in [0.29, 0.717) is 25.2 Å². The minimum atomic E-state index is -1.38. The Morgan fingerprint density at radius 1 is 1.31 bits per heavy atom. The van der Waals surface area contributed by atoms with Crippen LogP contribution >= 0.6 is 11.6 Å². The average Bonchev–Trinajstić information content (AvgIpc) is 2.72. The number of nitrogens with zero attached hydrogens (tertiary/aromatic N) is 1. The molecule has 8 heteroatoms. The first-order valence-electron chi connectivity index (χ1n) is 9.72. The molecule has 3 rings (SSSR count). The highest BCUT2D eigenvalue weighted by Crippen LogP contribution is 2.27. The number of likely N-dealkylation sites (tertiary alicyclic amines) is 1. The van der Waals surface area contributed by atoms with Crippen molar-refractivity contribution in [3.63, 3.8) is 0 Å². The topological polar surface area (TPSA) is 56.4 Å². The molecule has 2 aliphatic rings. The van der Waals surface area contributed by atoms with E-state index >= 15 is 4.39 Å². The Hall–Kier alpha value is -1.96. The third kappa shape index (κ3) is 5.15. The summed E-state index contributed by atoms with van der Waals surface area (Å²) in [7, 11) is 1.85. The smallest absolute Gasteiger partial charge is 0.253 e. The standard InChI is InChI=1S/C21H27ClF2N4O/c1-15-5-6-21(25-2,27-12-15)14-26-13-20(24)7-9-28(10-8-20)19(29)16-3-4-18(23)17(22)11-16/h3-6,11-12,25-27H,7-10,13-14H2,1-2H3. The zero-order valence-corrected chi connectivity index (χ0v) is 17.5. The average molecular weight is 425 g/mol. The molecule has 158 valence electrons. The largest absolute Gasteiger partial charge is 0.369 e. The second-order valence-corrected chi connectivity index (χ2v) is 8.17. The summed E-state index contributed by atoms with van der Waals surface area (Å²) in [5.41, 5.74) is -0.391. The molecule has 1 amide bonds. The summed E-state index contributed by atoms with van der Waals surface area (Å²) < 4.78 is 28.5. The summed E-state index contributed by atoms with van der Waals surface area (Å²) in [6.07, 6.45) is 6.46. The first-order chi connectivity index (χ1) is 13.8. The summed E-state index contributed by atoms with van der Waals surface area (Å²) in [5, 5.41) is 9.64. The Kier molecular flexibility index (Phi) is 6.61. The molecule has 0 bridgehead atoms. The van der Waals surface area contributed by atoms with Crippen LogP contribution in [0.4, 0.5) is 8.78 Å². The van der Waals surface area contributed by atoms with E-state index in [0.717, 1.165) is 5.57 Å². The number of amides is 1. The van der Waals surface area contributed by atoms with Gasteiger partial charge in [-0.25, -0.2) is 8.78 Å². The first-order valence-corrected chi connectivity index (χ1v) is 10.1. The second kappa shape index (κ2) is 8.81. The van der Waals surface area contributed by atoms with Crippen molar-refractivity contribution in [3.8, 4) is 0 Å². The molecule has 0 aromatic heterocycles. The van der Waals surface area contributed by atoms with Gasteiger partial charge in [-0.2, -0.15) is 0 Å². The number of benzene rings is 1. The van der Waals surface area contributed by atoms with E-state index in [2.05, 4.69) is 16.0 Å². The van der Waals surface area contributed by atoms with E-state index in [1.54, 1.807) is 4.90 Å². The molecule has 0 saturated carbocycles. The summed E-state index contributed by atoms with van der Waals surface area (Å²) in [6.45, 7) is 3.35. The van der Waals surface area contributed by atoms with Crippen molar-refractivity contribution in [3.05, 3.63) is 58.5 Å². The fourth-order valence-electron chi connectivity index (χ4n) is 3.55. The molecule has 0 spiro atoms. The molecule has 1 saturated heterocycles. The number of nitrogens with one attached hydrogen (secondary N) is 3. The number of likely N-dealkylation sites (N-methyl/N-ethyl adjacent to an activating group) is 1. The van der Waals surface area contributed by atoms with Crippen molar-refractivity contribution in [1.29, 1.82) is 0 Å². The maximum absolute atomic E-state index is 15.2. The number of carbonyl (C=O) groups is 1. The van der Waals surface area contributed by atoms with Gasteiger partial charge in [0.25, 0.3) is 5.91 Å². The van der Waals surface area contributed by atoms with Crippen molar-refractivity contribution in [2.75, 3.05) is 33.2 Å². The molecule has 29 heavy (non-hydrogen) atoms. The van der Waals surface area contributed by atoms with Crippen molar-refractivity contribution in [1.82, 2.24) is 20.9 Å². The third-order valence-corrected chi connectivity index (χ3v) is 5.88. The van der Waals surface area contributed by atoms with Gasteiger partial charge in [0.05, 0.1) is 5.02 Å². The monoisotopic (exact) mass is 424 g/mol. The van der Waals surface area contributed by atoms with Crippen LogP contribution in [-0.2, 0) is 0 Å². The second-order valence-electron chi connectivity index (χ2n) is 7.76. The number of allylic oxidation sites excluding steroid dienone is 2. The number of hydrogen-bond donors (Lipinski definition) is 3. The first kappa shape index (κ1) is 21.7. The summed E-state index contributed by atoms with van der Waals surface area (Å²) in [6, 6.07) is 3.89. The number of dihydropyridines is 1. The Morgan fingerprint density at radius 2 is 2.03 bits per heavy atom. The van der Waals surface area contributed by atoms with E-state index in [9.17, 15) is 9.18 Å². The summed E-state index contributed by atoms with van der Waals surface area (Å²) in [5.74, 6) is -0.822. The van der Waals surface area contributed by atoms with Gasteiger partial charge in [-0.1, -0.05) is 17.7 Å². The van der Waals surface area contributed by atoms with Crippen LogP contribution in [0.25, 0.3) is 0 Å². The Morgan fingerprint density at radius 3 is 2.62 bits per heavy atom. The Labute approximate surface area is 175 Å². The van der Waals surface area contributed by atoms with Gasteiger partial charge in [-0.3, -0.25) is 10.1 Å². The van der Waals surface area contributed by atoms with Crippen molar-refractivity contribution < 1.29 is 13.6 Å². The van der Waals surface area contributed by atoms with Gasteiger partial charge < -0.3 is 15.5 Å². The van der Waals surface area contributed by atoms with Gasteiger partial charge in [0.15, 0.2) is 0 Å². The van der Waals surface area contributed by atoms with Gasteiger partial charge in [-0.05, 0) is 43.8 Å². The molecule has 1 aromatic carbocycles. The highest BCUT2D eigenvalue weighted by Gasteiger charge is 2.37. The quantitative estimate of drug-likeness (QED) is 0.657. The van der Waals surface area contributed by atoms with Crippen LogP contribution in [0.15, 0.2) is 42.1 Å². The molecule has 2 heterocycles. The maximum Gasteiger partial charge on any atom is 0.253 e. The molecule has 1 atom stereocenters. The number of alkyl halides is 1. The number of carbonyl (C=O) groups excluding carboxylic acids is 1. The van der Waals surface area contributed by atoms with Gasteiger partial charge >= 0.3 is 0 Å². The van der Waals surface area contributed by atoms with Crippen molar-refractivity contribution >= 4 is 17.5 Å². The lowest BCUT2D eigenvalue weighted by Crippen LogP contribution is -2.60. The molecule has 3 N–H and O–H groups in total. The molecule has 1 unspecified atom stereocenters. The molecule has 5 nitrogen and oxygen atoms in total. The molecule has 1 aromatic rings. The number of piperidine rings is 1. The predicted octanol–water partition coefficient (Wildman–Crippen LogP) is 2.99. The zero-order valence-electron chi connectivity index (χ0n) is 16.7. The van der Waals surface area contributed by atoms with Crippen LogP contribution in [0.1, 0.15) is 30.1 Å². The Balaban J connectivity index is 1.50. The number of halogens is 3. The Bertz CT molecular complexity index is 821. The third-order valence-electron chi connectivity index (χ3n) is 5.59. The molecule has 2 aliphatic heterocycles. The lowest BCUT2D eigenvalue weighted by molar-refractivity contribution is 0.0430. The molecule has 1 fully saturated rings. The molecular formula is C21H27ClF2N4O. The minimum Gasteiger partial charge on any atom is -0.369 e. The SMILES string of the molecule is CNC1(CNCC2(F)CCN(C(=O)c3ccc(F)c(Cl)c3)CC2)C=CC(C)=CN1. The van der Waals surface area contributed by atoms with Crippen molar-refractivity contribution in [2.45, 2.75) is 31.1 Å². The zero-order chi connectivity index (χ0) is 21.1. The summed E-state index contributed by atoms with van der Waals surface area (Å²) in [4.78, 5) is 14.2. The molecule has 0 aliphatic carbocycles. The van der Waals surface area contributed by atoms with E-state index in [-0.39, 0.29) is 30.3 Å². The number of rotatable bonds is 6. The van der Waals surface area contributed by atoms with Crippen LogP contribution in [0.2, 0.25) is 5.02 Å². The van der Waals surface area contributed by atoms with Crippen LogP contribution in [-0.4, -0.2) is 55.4 Å². The minimum absolute atomic E-state index is 0.0919. The maximum atomic E-state index is 15.2. The van der Waals surface area contributed by atoms with Crippen molar-refractivity contribution in [2.24, 2.45) is 0 Å². The van der Waals surface area contributed by atoms with Crippen LogP contribution in [0, 0.1) is 5.82 Å². The molecule has 0 radical (unpaired) electrons. The summed E-state index contributed by atoms with van der Waals surface area (Å²) >= 11 is 5.76. The fourth-order valence-corrected chi connectivity index (χ4v) is 3.73. The highest BCUT2D eigenvalue weighted by molar-refractivity contribution is 6.31. The highest BCUT2D eigenvalue weighted by atomic mass is 35.5. The lowest BCUT2D eigenvalue weighted by atomic mass is 9.92. The lowest BCUT2D eigenvalue weighted by Gasteiger charge is -2.38. The van der Waals surface area contributed by atoms with E-state index < -0.39 is 17.1 Å². The van der Waals surface area contributed by atoms with Gasteiger partial charge in [0, 0.05) is 50.8 Å².